The van der Waals surface area contributed by atoms with Gasteiger partial charge in [0.2, 0.25) is 0 Å². The van der Waals surface area contributed by atoms with Gasteiger partial charge in [-0.05, 0) is 31.5 Å². The Morgan fingerprint density at radius 1 is 1.33 bits per heavy atom. The zero-order valence-corrected chi connectivity index (χ0v) is 12.7. The number of aromatic nitrogens is 2. The van der Waals surface area contributed by atoms with Crippen LogP contribution >= 0.6 is 0 Å². The first-order valence-corrected chi connectivity index (χ1v) is 6.75. The molecular formula is C16H19FN2O2. The average Bonchev–Trinajstić information content (AvgIpc) is 2.65. The largest absolute Gasteiger partial charge is 0.494 e. The lowest BCUT2D eigenvalue weighted by atomic mass is 10.0. The van der Waals surface area contributed by atoms with Crippen molar-refractivity contribution >= 4 is 5.78 Å². The highest BCUT2D eigenvalue weighted by atomic mass is 19.1. The fourth-order valence-corrected chi connectivity index (χ4v) is 2.38. The number of carbonyl (C=O) groups excluding carboxylic acids is 1. The molecule has 0 saturated heterocycles. The summed E-state index contributed by atoms with van der Waals surface area (Å²) in [6.07, 6.45) is 0.522. The number of hydrogen-bond acceptors (Lipinski definition) is 3. The normalized spacial score (nSPS) is 10.7. The molecule has 0 atom stereocenters. The van der Waals surface area contributed by atoms with Crippen molar-refractivity contribution in [2.45, 2.75) is 26.7 Å². The Balaban J connectivity index is 2.10. The predicted octanol–water partition coefficient (Wildman–Crippen LogP) is 2.54. The van der Waals surface area contributed by atoms with E-state index in [0.29, 0.717) is 12.0 Å². The number of benzene rings is 1. The van der Waals surface area contributed by atoms with Crippen LogP contribution < -0.4 is 4.74 Å². The molecule has 5 heteroatoms. The van der Waals surface area contributed by atoms with Crippen LogP contribution in [0, 0.1) is 19.7 Å². The molecule has 0 bridgehead atoms. The van der Waals surface area contributed by atoms with Crippen molar-refractivity contribution in [3.8, 4) is 5.75 Å². The van der Waals surface area contributed by atoms with Crippen molar-refractivity contribution in [1.82, 2.24) is 9.78 Å². The van der Waals surface area contributed by atoms with Gasteiger partial charge in [0.25, 0.3) is 0 Å². The zero-order valence-electron chi connectivity index (χ0n) is 12.7. The Labute approximate surface area is 123 Å². The van der Waals surface area contributed by atoms with Crippen molar-refractivity contribution in [3.05, 3.63) is 46.5 Å². The van der Waals surface area contributed by atoms with Crippen molar-refractivity contribution in [3.63, 3.8) is 0 Å². The van der Waals surface area contributed by atoms with Crippen LogP contribution in [-0.4, -0.2) is 22.7 Å². The molecule has 4 nitrogen and oxygen atoms in total. The van der Waals surface area contributed by atoms with E-state index in [4.69, 9.17) is 4.74 Å². The van der Waals surface area contributed by atoms with Gasteiger partial charge in [-0.2, -0.15) is 5.10 Å². The number of ether oxygens (including phenoxy) is 1. The van der Waals surface area contributed by atoms with Crippen molar-refractivity contribution in [2.24, 2.45) is 7.05 Å². The van der Waals surface area contributed by atoms with Crippen molar-refractivity contribution in [2.75, 3.05) is 7.11 Å². The number of halogens is 1. The third-order valence-corrected chi connectivity index (χ3v) is 3.65. The Hall–Kier alpha value is -2.17. The topological polar surface area (TPSA) is 44.1 Å². The second kappa shape index (κ2) is 6.08. The minimum atomic E-state index is -0.448. The summed E-state index contributed by atoms with van der Waals surface area (Å²) in [4.78, 5) is 12.2. The molecule has 0 amide bonds. The number of rotatable bonds is 5. The molecule has 0 N–H and O–H groups in total. The fraction of sp³-hybridized carbons (Fsp3) is 0.375. The maximum Gasteiger partial charge on any atom is 0.165 e. The van der Waals surface area contributed by atoms with Gasteiger partial charge >= 0.3 is 0 Å². The minimum Gasteiger partial charge on any atom is -0.494 e. The molecule has 1 aromatic carbocycles. The summed E-state index contributed by atoms with van der Waals surface area (Å²) in [7, 11) is 3.27. The molecule has 0 aliphatic carbocycles. The number of methoxy groups -OCH3 is 1. The number of carbonyl (C=O) groups is 1. The molecule has 0 saturated carbocycles. The highest BCUT2D eigenvalue weighted by Crippen LogP contribution is 2.19. The highest BCUT2D eigenvalue weighted by molar-refractivity contribution is 5.83. The van der Waals surface area contributed by atoms with E-state index in [1.807, 2.05) is 20.9 Å². The van der Waals surface area contributed by atoms with E-state index in [9.17, 15) is 9.18 Å². The van der Waals surface area contributed by atoms with Gasteiger partial charge in [-0.15, -0.1) is 0 Å². The quantitative estimate of drug-likeness (QED) is 0.850. The molecule has 0 unspecified atom stereocenters. The Morgan fingerprint density at radius 2 is 2.05 bits per heavy atom. The number of ketones is 1. The molecule has 0 aliphatic rings. The summed E-state index contributed by atoms with van der Waals surface area (Å²) in [5.74, 6) is -0.222. The molecule has 1 heterocycles. The van der Waals surface area contributed by atoms with E-state index in [1.165, 1.54) is 13.2 Å². The molecular weight excluding hydrogens is 271 g/mol. The molecule has 0 radical (unpaired) electrons. The first-order valence-electron chi connectivity index (χ1n) is 6.75. The molecule has 0 aliphatic heterocycles. The van der Waals surface area contributed by atoms with Gasteiger partial charge in [-0.3, -0.25) is 9.48 Å². The van der Waals surface area contributed by atoms with Crippen molar-refractivity contribution in [1.29, 1.82) is 0 Å². The Kier molecular flexibility index (Phi) is 4.40. The standard InChI is InChI=1S/C16H19FN2O2/c1-10-14(11(2)19(3)18-10)9-13(20)7-12-5-6-16(21-4)15(17)8-12/h5-6,8H,7,9H2,1-4H3. The molecule has 0 spiro atoms. The summed E-state index contributed by atoms with van der Waals surface area (Å²) in [5, 5.41) is 4.30. The van der Waals surface area contributed by atoms with E-state index in [0.717, 1.165) is 17.0 Å². The van der Waals surface area contributed by atoms with Gasteiger partial charge in [0.15, 0.2) is 11.6 Å². The monoisotopic (exact) mass is 290 g/mol. The van der Waals surface area contributed by atoms with Crippen LogP contribution in [0.2, 0.25) is 0 Å². The van der Waals surface area contributed by atoms with Crippen LogP contribution in [0.15, 0.2) is 18.2 Å². The van der Waals surface area contributed by atoms with E-state index in [1.54, 1.807) is 16.8 Å². The van der Waals surface area contributed by atoms with E-state index >= 15 is 0 Å². The molecule has 112 valence electrons. The number of aryl methyl sites for hydroxylation is 2. The van der Waals surface area contributed by atoms with Gasteiger partial charge in [0.05, 0.1) is 12.8 Å². The lowest BCUT2D eigenvalue weighted by Gasteiger charge is -2.05. The van der Waals surface area contributed by atoms with Crippen LogP contribution in [0.25, 0.3) is 0 Å². The van der Waals surface area contributed by atoms with Gasteiger partial charge < -0.3 is 4.74 Å². The second-order valence-electron chi connectivity index (χ2n) is 5.13. The smallest absolute Gasteiger partial charge is 0.165 e. The fourth-order valence-electron chi connectivity index (χ4n) is 2.38. The Bertz CT molecular complexity index is 677. The number of Topliss-reactive ketones (excluding diaryl/α,β-unsaturated/α-hetero) is 1. The summed E-state index contributed by atoms with van der Waals surface area (Å²) in [5.41, 5.74) is 3.46. The maximum atomic E-state index is 13.6. The summed E-state index contributed by atoms with van der Waals surface area (Å²) < 4.78 is 20.2. The second-order valence-corrected chi connectivity index (χ2v) is 5.13. The summed E-state index contributed by atoms with van der Waals surface area (Å²) in [6, 6.07) is 4.60. The van der Waals surface area contributed by atoms with Crippen LogP contribution in [0.5, 0.6) is 5.75 Å². The van der Waals surface area contributed by atoms with Crippen LogP contribution in [-0.2, 0) is 24.7 Å². The van der Waals surface area contributed by atoms with E-state index in [-0.39, 0.29) is 18.0 Å². The molecule has 2 rings (SSSR count). The van der Waals surface area contributed by atoms with Gasteiger partial charge in [0, 0.05) is 31.1 Å². The van der Waals surface area contributed by atoms with Crippen LogP contribution in [0.1, 0.15) is 22.5 Å². The number of hydrogen-bond donors (Lipinski definition) is 0. The van der Waals surface area contributed by atoms with E-state index < -0.39 is 5.82 Å². The molecule has 2 aromatic rings. The minimum absolute atomic E-state index is 0.0405. The highest BCUT2D eigenvalue weighted by Gasteiger charge is 2.14. The van der Waals surface area contributed by atoms with Gasteiger partial charge in [-0.25, -0.2) is 4.39 Å². The Morgan fingerprint density at radius 3 is 2.57 bits per heavy atom. The molecule has 21 heavy (non-hydrogen) atoms. The predicted molar refractivity (Wildman–Crippen MR) is 78.0 cm³/mol. The van der Waals surface area contributed by atoms with Crippen molar-refractivity contribution < 1.29 is 13.9 Å². The lowest BCUT2D eigenvalue weighted by Crippen LogP contribution is -2.08. The third-order valence-electron chi connectivity index (χ3n) is 3.65. The maximum absolute atomic E-state index is 13.6. The summed E-state index contributed by atoms with van der Waals surface area (Å²) >= 11 is 0. The number of nitrogens with zero attached hydrogens (tertiary/aromatic N) is 2. The molecule has 0 fully saturated rings. The first kappa shape index (κ1) is 15.2. The first-order chi connectivity index (χ1) is 9.92. The van der Waals surface area contributed by atoms with Gasteiger partial charge in [0.1, 0.15) is 5.78 Å². The SMILES string of the molecule is COc1ccc(CC(=O)Cc2c(C)nn(C)c2C)cc1F. The lowest BCUT2D eigenvalue weighted by molar-refractivity contribution is -0.117. The zero-order chi connectivity index (χ0) is 15.6. The van der Waals surface area contributed by atoms with Crippen LogP contribution in [0.3, 0.4) is 0 Å². The summed E-state index contributed by atoms with van der Waals surface area (Å²) in [6.45, 7) is 3.83. The van der Waals surface area contributed by atoms with E-state index in [2.05, 4.69) is 5.10 Å². The average molecular weight is 290 g/mol. The van der Waals surface area contributed by atoms with Crippen LogP contribution in [0.4, 0.5) is 4.39 Å². The third kappa shape index (κ3) is 3.29. The molecule has 1 aromatic heterocycles. The van der Waals surface area contributed by atoms with Gasteiger partial charge in [-0.1, -0.05) is 6.07 Å².